The summed E-state index contributed by atoms with van der Waals surface area (Å²) in [5.74, 6) is 0. The average molecular weight is 250 g/mol. The monoisotopic (exact) mass is 250 g/mol. The molecule has 2 rings (SSSR count). The molecule has 0 fully saturated rings. The molecule has 0 unspecified atom stereocenters. The second-order valence-electron chi connectivity index (χ2n) is 4.35. The Morgan fingerprint density at radius 1 is 1.00 bits per heavy atom. The van der Waals surface area contributed by atoms with E-state index in [2.05, 4.69) is 24.3 Å². The maximum Gasteiger partial charge on any atom is 0.0320 e. The molecule has 0 aliphatic carbocycles. The minimum Gasteiger partial charge on any atom is -0.405 e. The van der Waals surface area contributed by atoms with E-state index in [0.717, 1.165) is 22.2 Å². The van der Waals surface area contributed by atoms with E-state index in [1.54, 1.807) is 6.20 Å². The van der Waals surface area contributed by atoms with Crippen molar-refractivity contribution in [3.63, 3.8) is 0 Å². The Labute approximate surface area is 113 Å². The molecule has 4 N–H and O–H groups in total. The SMILES string of the molecule is C/C=C(\C=C/N)/C=C/c1ccc2cc(N)ccc2c1. The fourth-order valence-corrected chi connectivity index (χ4v) is 1.94. The van der Waals surface area contributed by atoms with Gasteiger partial charge in [0.2, 0.25) is 0 Å². The summed E-state index contributed by atoms with van der Waals surface area (Å²) < 4.78 is 0. The first-order valence-corrected chi connectivity index (χ1v) is 6.25. The molecule has 0 saturated carbocycles. The number of hydrogen-bond acceptors (Lipinski definition) is 2. The number of nitrogen functional groups attached to an aromatic ring is 1. The number of fused-ring (bicyclic) bond motifs is 1. The zero-order valence-electron chi connectivity index (χ0n) is 11.0. The third kappa shape index (κ3) is 3.26. The van der Waals surface area contributed by atoms with Crippen LogP contribution in [0.15, 0.2) is 66.4 Å². The van der Waals surface area contributed by atoms with E-state index in [1.165, 1.54) is 5.39 Å². The van der Waals surface area contributed by atoms with E-state index in [9.17, 15) is 0 Å². The van der Waals surface area contributed by atoms with Gasteiger partial charge < -0.3 is 11.5 Å². The number of benzene rings is 2. The summed E-state index contributed by atoms with van der Waals surface area (Å²) in [6.07, 6.45) is 9.55. The third-order valence-electron chi connectivity index (χ3n) is 2.98. The second-order valence-corrected chi connectivity index (χ2v) is 4.35. The Kier molecular flexibility index (Phi) is 4.04. The number of anilines is 1. The molecule has 0 heterocycles. The van der Waals surface area contributed by atoms with Crippen molar-refractivity contribution in [2.24, 2.45) is 5.73 Å². The van der Waals surface area contributed by atoms with Crippen molar-refractivity contribution < 1.29 is 0 Å². The van der Waals surface area contributed by atoms with Crippen molar-refractivity contribution >= 4 is 22.5 Å². The van der Waals surface area contributed by atoms with Gasteiger partial charge in [-0.25, -0.2) is 0 Å². The molecule has 0 bridgehead atoms. The normalized spacial score (nSPS) is 12.8. The Bertz CT molecular complexity index is 664. The number of rotatable bonds is 3. The zero-order valence-corrected chi connectivity index (χ0v) is 11.0. The molecule has 0 aliphatic heterocycles. The summed E-state index contributed by atoms with van der Waals surface area (Å²) in [7, 11) is 0. The summed E-state index contributed by atoms with van der Waals surface area (Å²) >= 11 is 0. The molecule has 2 nitrogen and oxygen atoms in total. The van der Waals surface area contributed by atoms with Gasteiger partial charge in [0.25, 0.3) is 0 Å². The molecule has 0 aliphatic rings. The lowest BCUT2D eigenvalue weighted by Crippen LogP contribution is -1.84. The Morgan fingerprint density at radius 2 is 1.74 bits per heavy atom. The molecule has 19 heavy (non-hydrogen) atoms. The average Bonchev–Trinajstić information content (AvgIpc) is 2.43. The van der Waals surface area contributed by atoms with Crippen molar-refractivity contribution in [2.45, 2.75) is 6.92 Å². The Balaban J connectivity index is 2.31. The van der Waals surface area contributed by atoms with Crippen LogP contribution in [-0.2, 0) is 0 Å². The van der Waals surface area contributed by atoms with E-state index in [-0.39, 0.29) is 0 Å². The van der Waals surface area contributed by atoms with Gasteiger partial charge in [-0.2, -0.15) is 0 Å². The smallest absolute Gasteiger partial charge is 0.0320 e. The van der Waals surface area contributed by atoms with Gasteiger partial charge in [-0.3, -0.25) is 0 Å². The molecular formula is C17H18N2. The van der Waals surface area contributed by atoms with Crippen molar-refractivity contribution in [2.75, 3.05) is 5.73 Å². The third-order valence-corrected chi connectivity index (χ3v) is 2.98. The van der Waals surface area contributed by atoms with Crippen LogP contribution in [0, 0.1) is 0 Å². The molecule has 2 aromatic carbocycles. The highest BCUT2D eigenvalue weighted by atomic mass is 14.5. The van der Waals surface area contributed by atoms with E-state index >= 15 is 0 Å². The van der Waals surface area contributed by atoms with Gasteiger partial charge in [0, 0.05) is 5.69 Å². The van der Waals surface area contributed by atoms with Crippen LogP contribution >= 0.6 is 0 Å². The summed E-state index contributed by atoms with van der Waals surface area (Å²) in [6.45, 7) is 1.99. The molecular weight excluding hydrogens is 232 g/mol. The quantitative estimate of drug-likeness (QED) is 0.642. The van der Waals surface area contributed by atoms with Crippen LogP contribution in [-0.4, -0.2) is 0 Å². The van der Waals surface area contributed by atoms with Gasteiger partial charge in [-0.1, -0.05) is 36.4 Å². The van der Waals surface area contributed by atoms with E-state index in [4.69, 9.17) is 11.5 Å². The van der Waals surface area contributed by atoms with Gasteiger partial charge in [0.05, 0.1) is 0 Å². The minimum atomic E-state index is 0.792. The predicted octanol–water partition coefficient (Wildman–Crippen LogP) is 3.85. The van der Waals surface area contributed by atoms with Crippen molar-refractivity contribution in [1.82, 2.24) is 0 Å². The van der Waals surface area contributed by atoms with Crippen LogP contribution in [0.1, 0.15) is 12.5 Å². The van der Waals surface area contributed by atoms with Crippen molar-refractivity contribution in [1.29, 1.82) is 0 Å². The molecule has 96 valence electrons. The largest absolute Gasteiger partial charge is 0.405 e. The fraction of sp³-hybridized carbons (Fsp3) is 0.0588. The Hall–Kier alpha value is -2.48. The highest BCUT2D eigenvalue weighted by molar-refractivity contribution is 5.87. The molecule has 0 saturated heterocycles. The molecule has 0 atom stereocenters. The summed E-state index contributed by atoms with van der Waals surface area (Å²) in [5, 5.41) is 2.35. The summed E-state index contributed by atoms with van der Waals surface area (Å²) in [4.78, 5) is 0. The molecule has 2 aromatic rings. The van der Waals surface area contributed by atoms with Gasteiger partial charge in [0.15, 0.2) is 0 Å². The standard InChI is InChI=1S/C17H18N2/c1-2-13(9-10-18)3-4-14-5-6-16-12-17(19)8-7-15(16)11-14/h2-12H,18-19H2,1H3/b4-3+,10-9-,13-2-. The van der Waals surface area contributed by atoms with Crippen LogP contribution in [0.25, 0.3) is 16.8 Å². The minimum absolute atomic E-state index is 0.792. The van der Waals surface area contributed by atoms with Gasteiger partial charge in [-0.05, 0) is 59.3 Å². The van der Waals surface area contributed by atoms with Gasteiger partial charge in [0.1, 0.15) is 0 Å². The van der Waals surface area contributed by atoms with Crippen LogP contribution in [0.2, 0.25) is 0 Å². The lowest BCUT2D eigenvalue weighted by molar-refractivity contribution is 1.53. The lowest BCUT2D eigenvalue weighted by Gasteiger charge is -2.01. The van der Waals surface area contributed by atoms with Crippen molar-refractivity contribution in [3.05, 3.63) is 72.0 Å². The maximum absolute atomic E-state index is 5.77. The topological polar surface area (TPSA) is 52.0 Å². The Morgan fingerprint density at radius 3 is 2.47 bits per heavy atom. The number of allylic oxidation sites excluding steroid dienone is 4. The number of nitrogens with two attached hydrogens (primary N) is 2. The van der Waals surface area contributed by atoms with E-state index < -0.39 is 0 Å². The summed E-state index contributed by atoms with van der Waals surface area (Å²) in [5.41, 5.74) is 14.2. The molecule has 2 heteroatoms. The van der Waals surface area contributed by atoms with Crippen LogP contribution < -0.4 is 11.5 Å². The molecule has 0 spiro atoms. The maximum atomic E-state index is 5.77. The molecule has 0 amide bonds. The highest BCUT2D eigenvalue weighted by Gasteiger charge is 1.95. The number of hydrogen-bond donors (Lipinski definition) is 2. The first-order chi connectivity index (χ1) is 9.22. The fourth-order valence-electron chi connectivity index (χ4n) is 1.94. The molecule has 0 aromatic heterocycles. The zero-order chi connectivity index (χ0) is 13.7. The lowest BCUT2D eigenvalue weighted by atomic mass is 10.1. The first kappa shape index (κ1) is 13.0. The van der Waals surface area contributed by atoms with Crippen LogP contribution in [0.3, 0.4) is 0 Å². The van der Waals surface area contributed by atoms with Crippen molar-refractivity contribution in [3.8, 4) is 0 Å². The highest BCUT2D eigenvalue weighted by Crippen LogP contribution is 2.20. The van der Waals surface area contributed by atoms with Crippen LogP contribution in [0.5, 0.6) is 0 Å². The van der Waals surface area contributed by atoms with Gasteiger partial charge in [-0.15, -0.1) is 0 Å². The van der Waals surface area contributed by atoms with E-state index in [1.807, 2.05) is 43.4 Å². The second kappa shape index (κ2) is 5.91. The predicted molar refractivity (Wildman–Crippen MR) is 84.5 cm³/mol. The molecule has 0 radical (unpaired) electrons. The van der Waals surface area contributed by atoms with E-state index in [0.29, 0.717) is 0 Å². The first-order valence-electron chi connectivity index (χ1n) is 6.25. The van der Waals surface area contributed by atoms with Gasteiger partial charge >= 0.3 is 0 Å². The summed E-state index contributed by atoms with van der Waals surface area (Å²) in [6, 6.07) is 12.3. The van der Waals surface area contributed by atoms with Crippen LogP contribution in [0.4, 0.5) is 5.69 Å².